The molecule has 0 aromatic carbocycles. The molecular formula is C25H42O2. The van der Waals surface area contributed by atoms with Crippen molar-refractivity contribution in [3.63, 3.8) is 0 Å². The van der Waals surface area contributed by atoms with Crippen molar-refractivity contribution >= 4 is 0 Å². The Kier molecular flexibility index (Phi) is 6.00. The van der Waals surface area contributed by atoms with Crippen LogP contribution in [0.5, 0.6) is 0 Å². The summed E-state index contributed by atoms with van der Waals surface area (Å²) in [4.78, 5) is 0. The fourth-order valence-electron chi connectivity index (χ4n) is 6.86. The molecule has 0 radical (unpaired) electrons. The van der Waals surface area contributed by atoms with E-state index in [0.29, 0.717) is 23.7 Å². The highest BCUT2D eigenvalue weighted by Crippen LogP contribution is 2.61. The van der Waals surface area contributed by atoms with Gasteiger partial charge in [0, 0.05) is 0 Å². The highest BCUT2D eigenvalue weighted by Gasteiger charge is 2.55. The molecule has 0 bridgehead atoms. The number of aliphatic hydroxyl groups excluding tert-OH is 1. The zero-order valence-corrected chi connectivity index (χ0v) is 18.3. The summed E-state index contributed by atoms with van der Waals surface area (Å²) in [5.74, 6) is 2.47. The van der Waals surface area contributed by atoms with Crippen molar-refractivity contribution in [1.82, 2.24) is 0 Å². The topological polar surface area (TPSA) is 40.5 Å². The Bertz CT molecular complexity index is 585. The van der Waals surface area contributed by atoms with E-state index in [1.165, 1.54) is 24.8 Å². The van der Waals surface area contributed by atoms with Crippen molar-refractivity contribution in [1.29, 1.82) is 0 Å². The Labute approximate surface area is 167 Å². The predicted octanol–water partition coefficient (Wildman–Crippen LogP) is 5.89. The van der Waals surface area contributed by atoms with E-state index in [0.717, 1.165) is 37.7 Å². The predicted molar refractivity (Wildman–Crippen MR) is 113 cm³/mol. The summed E-state index contributed by atoms with van der Waals surface area (Å²) >= 11 is 0. The summed E-state index contributed by atoms with van der Waals surface area (Å²) in [6.07, 6.45) is 10.7. The number of aliphatic hydroxyl groups is 2. The summed E-state index contributed by atoms with van der Waals surface area (Å²) < 4.78 is 0. The first-order valence-electron chi connectivity index (χ1n) is 11.3. The molecule has 0 aromatic rings. The fraction of sp³-hybridized carbons (Fsp3) is 0.840. The molecule has 3 aliphatic carbocycles. The zero-order chi connectivity index (χ0) is 20.0. The number of fused-ring (bicyclic) bond motifs is 2. The molecule has 0 aromatic heterocycles. The van der Waals surface area contributed by atoms with Gasteiger partial charge in [-0.1, -0.05) is 32.1 Å². The molecule has 3 rings (SSSR count). The molecule has 3 saturated carbocycles. The van der Waals surface area contributed by atoms with E-state index in [9.17, 15) is 10.2 Å². The summed E-state index contributed by atoms with van der Waals surface area (Å²) in [6.45, 7) is 15.6. The Hall–Kier alpha value is -0.600. The summed E-state index contributed by atoms with van der Waals surface area (Å²) in [5.41, 5.74) is 2.05. The van der Waals surface area contributed by atoms with Gasteiger partial charge in [-0.25, -0.2) is 0 Å². The van der Waals surface area contributed by atoms with Crippen molar-refractivity contribution in [3.8, 4) is 0 Å². The molecule has 0 spiro atoms. The molecule has 8 atom stereocenters. The second kappa shape index (κ2) is 7.67. The van der Waals surface area contributed by atoms with E-state index in [1.807, 2.05) is 6.92 Å². The van der Waals surface area contributed by atoms with Crippen molar-refractivity contribution < 1.29 is 10.2 Å². The molecule has 0 saturated heterocycles. The van der Waals surface area contributed by atoms with Crippen molar-refractivity contribution in [2.75, 3.05) is 0 Å². The van der Waals surface area contributed by atoms with Crippen LogP contribution in [-0.2, 0) is 0 Å². The quantitative estimate of drug-likeness (QED) is 0.602. The molecule has 2 nitrogen and oxygen atoms in total. The first-order valence-corrected chi connectivity index (χ1v) is 11.3. The number of hydrogen-bond acceptors (Lipinski definition) is 2. The molecule has 0 heterocycles. The highest BCUT2D eigenvalue weighted by molar-refractivity contribution is 5.18. The summed E-state index contributed by atoms with van der Waals surface area (Å²) in [6, 6.07) is 0. The second-order valence-electron chi connectivity index (χ2n) is 10.9. The van der Waals surface area contributed by atoms with Crippen LogP contribution in [0.4, 0.5) is 0 Å². The minimum Gasteiger partial charge on any atom is -0.390 e. The van der Waals surface area contributed by atoms with E-state index in [2.05, 4.69) is 40.3 Å². The molecular weight excluding hydrogens is 332 g/mol. The largest absolute Gasteiger partial charge is 0.390 e. The van der Waals surface area contributed by atoms with E-state index in [-0.39, 0.29) is 11.3 Å². The van der Waals surface area contributed by atoms with Gasteiger partial charge >= 0.3 is 0 Å². The molecule has 2 N–H and O–H groups in total. The molecule has 154 valence electrons. The van der Waals surface area contributed by atoms with Crippen LogP contribution in [0.1, 0.15) is 86.0 Å². The van der Waals surface area contributed by atoms with Gasteiger partial charge in [-0.3, -0.25) is 0 Å². The smallest absolute Gasteiger partial charge is 0.0753 e. The first kappa shape index (κ1) is 21.1. The van der Waals surface area contributed by atoms with E-state index in [1.54, 1.807) is 0 Å². The van der Waals surface area contributed by atoms with Gasteiger partial charge in [-0.05, 0) is 113 Å². The van der Waals surface area contributed by atoms with Gasteiger partial charge in [0.1, 0.15) is 0 Å². The number of rotatable bonds is 4. The van der Waals surface area contributed by atoms with Gasteiger partial charge in [-0.15, -0.1) is 0 Å². The summed E-state index contributed by atoms with van der Waals surface area (Å²) in [5, 5.41) is 22.1. The number of allylic oxidation sites excluding steroid dienone is 2. The van der Waals surface area contributed by atoms with Gasteiger partial charge in [0.25, 0.3) is 0 Å². The van der Waals surface area contributed by atoms with Crippen LogP contribution in [0.15, 0.2) is 23.8 Å². The fourth-order valence-corrected chi connectivity index (χ4v) is 6.86. The first-order chi connectivity index (χ1) is 12.5. The van der Waals surface area contributed by atoms with Crippen LogP contribution in [-0.4, -0.2) is 21.9 Å². The van der Waals surface area contributed by atoms with Gasteiger partial charge in [0.2, 0.25) is 0 Å². The molecule has 2 heteroatoms. The standard InChI is InChI=1S/C25H42O2/c1-16(2)8-7-9-17(3)19-10-12-24(5)15-22-20(11-13-25(22,6)27)18(4)23(26)14-21(19)24/h8,17,19-23,26-27H,4,7,9-15H2,1-3,5-6H3/t17-,19+,20+,21-,22-,23-,24+,25+/m0/s1. The molecule has 0 unspecified atom stereocenters. The maximum atomic E-state index is 11.1. The Morgan fingerprint density at radius 2 is 1.93 bits per heavy atom. The lowest BCUT2D eigenvalue weighted by atomic mass is 9.61. The second-order valence-corrected chi connectivity index (χ2v) is 10.9. The molecule has 3 aliphatic rings. The lowest BCUT2D eigenvalue weighted by Crippen LogP contribution is -2.43. The Morgan fingerprint density at radius 3 is 2.59 bits per heavy atom. The van der Waals surface area contributed by atoms with Crippen LogP contribution in [0.3, 0.4) is 0 Å². The molecule has 3 fully saturated rings. The third-order valence-electron chi connectivity index (χ3n) is 8.68. The van der Waals surface area contributed by atoms with Crippen LogP contribution < -0.4 is 0 Å². The van der Waals surface area contributed by atoms with Crippen LogP contribution in [0.2, 0.25) is 0 Å². The lowest BCUT2D eigenvalue weighted by Gasteiger charge is -2.45. The highest BCUT2D eigenvalue weighted by atomic mass is 16.3. The van der Waals surface area contributed by atoms with E-state index in [4.69, 9.17) is 0 Å². The molecule has 27 heavy (non-hydrogen) atoms. The third-order valence-corrected chi connectivity index (χ3v) is 8.68. The van der Waals surface area contributed by atoms with E-state index < -0.39 is 11.7 Å². The SMILES string of the molecule is C=C1[C@H]2CC[C@@](C)(O)[C@H]2C[C@@]2(C)CC[C@H]([C@@H](C)CCC=C(C)C)[C@@H]2C[C@@H]1O. The molecule has 0 aliphatic heterocycles. The van der Waals surface area contributed by atoms with Crippen molar-refractivity contribution in [2.45, 2.75) is 97.7 Å². The van der Waals surface area contributed by atoms with Gasteiger partial charge in [-0.2, -0.15) is 0 Å². The average Bonchev–Trinajstić information content (AvgIpc) is 3.03. The van der Waals surface area contributed by atoms with Crippen LogP contribution in [0.25, 0.3) is 0 Å². The zero-order valence-electron chi connectivity index (χ0n) is 18.3. The van der Waals surface area contributed by atoms with Gasteiger partial charge in [0.15, 0.2) is 0 Å². The van der Waals surface area contributed by atoms with Crippen LogP contribution in [0, 0.1) is 35.0 Å². The average molecular weight is 375 g/mol. The Balaban J connectivity index is 1.81. The summed E-state index contributed by atoms with van der Waals surface area (Å²) in [7, 11) is 0. The Morgan fingerprint density at radius 1 is 1.22 bits per heavy atom. The maximum Gasteiger partial charge on any atom is 0.0753 e. The van der Waals surface area contributed by atoms with Crippen molar-refractivity contribution in [3.05, 3.63) is 23.8 Å². The van der Waals surface area contributed by atoms with Gasteiger partial charge < -0.3 is 10.2 Å². The van der Waals surface area contributed by atoms with E-state index >= 15 is 0 Å². The number of hydrogen-bond donors (Lipinski definition) is 2. The minimum atomic E-state index is -0.606. The van der Waals surface area contributed by atoms with Crippen molar-refractivity contribution in [2.24, 2.45) is 35.0 Å². The maximum absolute atomic E-state index is 11.1. The monoisotopic (exact) mass is 374 g/mol. The third kappa shape index (κ3) is 4.08. The minimum absolute atomic E-state index is 0.244. The molecule has 0 amide bonds. The van der Waals surface area contributed by atoms with Gasteiger partial charge in [0.05, 0.1) is 11.7 Å². The lowest BCUT2D eigenvalue weighted by molar-refractivity contribution is -0.0327. The normalized spacial score (nSPS) is 45.6. The van der Waals surface area contributed by atoms with Crippen LogP contribution >= 0.6 is 0 Å².